The molecule has 2 rings (SSSR count). The van der Waals surface area contributed by atoms with Gasteiger partial charge >= 0.3 is 0 Å². The first-order valence-corrected chi connectivity index (χ1v) is 7.79. The van der Waals surface area contributed by atoms with Crippen molar-refractivity contribution >= 4 is 22.3 Å². The second-order valence-corrected chi connectivity index (χ2v) is 5.94. The molecule has 118 valence electrons. The van der Waals surface area contributed by atoms with Crippen LogP contribution in [0.3, 0.4) is 0 Å². The van der Waals surface area contributed by atoms with Gasteiger partial charge in [-0.3, -0.25) is 9.79 Å². The first-order valence-electron chi connectivity index (χ1n) is 7.79. The van der Waals surface area contributed by atoms with E-state index in [1.807, 2.05) is 18.2 Å². The van der Waals surface area contributed by atoms with Gasteiger partial charge in [0.05, 0.1) is 5.39 Å². The summed E-state index contributed by atoms with van der Waals surface area (Å²) >= 11 is 0. The lowest BCUT2D eigenvalue weighted by atomic mass is 10.1. The van der Waals surface area contributed by atoms with Crippen LogP contribution in [0.4, 0.5) is 5.82 Å². The quantitative estimate of drug-likeness (QED) is 0.609. The number of rotatable bonds is 7. The Hall–Kier alpha value is -2.17. The van der Waals surface area contributed by atoms with E-state index in [0.717, 1.165) is 37.1 Å². The number of benzene rings is 1. The summed E-state index contributed by atoms with van der Waals surface area (Å²) in [7, 11) is 0. The van der Waals surface area contributed by atoms with Crippen LogP contribution in [0.2, 0.25) is 0 Å². The van der Waals surface area contributed by atoms with Crippen LogP contribution in [0.25, 0.3) is 10.8 Å². The lowest BCUT2D eigenvalue weighted by Crippen LogP contribution is -2.13. The first-order chi connectivity index (χ1) is 10.6. The highest BCUT2D eigenvalue weighted by Gasteiger charge is 2.04. The third kappa shape index (κ3) is 4.41. The summed E-state index contributed by atoms with van der Waals surface area (Å²) < 4.78 is 0. The van der Waals surface area contributed by atoms with Gasteiger partial charge in [0.25, 0.3) is 5.56 Å². The van der Waals surface area contributed by atoms with E-state index in [4.69, 9.17) is 0 Å². The molecule has 0 aliphatic rings. The van der Waals surface area contributed by atoms with Crippen LogP contribution in [-0.4, -0.2) is 29.0 Å². The molecule has 0 saturated heterocycles. The zero-order valence-electron chi connectivity index (χ0n) is 13.5. The third-order valence-electron chi connectivity index (χ3n) is 3.41. The molecule has 22 heavy (non-hydrogen) atoms. The van der Waals surface area contributed by atoms with Gasteiger partial charge in [-0.1, -0.05) is 32.0 Å². The number of aromatic nitrogens is 2. The molecule has 1 aromatic heterocycles. The second-order valence-electron chi connectivity index (χ2n) is 5.94. The monoisotopic (exact) mass is 300 g/mol. The molecule has 0 fully saturated rings. The van der Waals surface area contributed by atoms with Crippen molar-refractivity contribution in [3.05, 3.63) is 34.6 Å². The number of H-pyrrole nitrogens is 1. The first kappa shape index (κ1) is 16.2. The summed E-state index contributed by atoms with van der Waals surface area (Å²) in [4.78, 5) is 16.3. The summed E-state index contributed by atoms with van der Waals surface area (Å²) in [5, 5.41) is 11.4. The minimum atomic E-state index is -0.157. The zero-order chi connectivity index (χ0) is 15.9. The summed E-state index contributed by atoms with van der Waals surface area (Å²) in [5.74, 6) is 1.37. The topological polar surface area (TPSA) is 70.1 Å². The Morgan fingerprint density at radius 2 is 2.05 bits per heavy atom. The molecule has 0 saturated carbocycles. The fourth-order valence-electron chi connectivity index (χ4n) is 2.46. The van der Waals surface area contributed by atoms with Gasteiger partial charge in [-0.25, -0.2) is 5.10 Å². The van der Waals surface area contributed by atoms with Crippen LogP contribution in [0.5, 0.6) is 0 Å². The van der Waals surface area contributed by atoms with Gasteiger partial charge in [0.1, 0.15) is 0 Å². The molecule has 0 amide bonds. The molecule has 1 aromatic carbocycles. The fraction of sp³-hybridized carbons (Fsp3) is 0.471. The number of nitrogens with zero attached hydrogens (tertiary/aromatic N) is 2. The van der Waals surface area contributed by atoms with Crippen molar-refractivity contribution in [1.29, 1.82) is 0 Å². The third-order valence-corrected chi connectivity index (χ3v) is 3.41. The van der Waals surface area contributed by atoms with Crippen LogP contribution in [0, 0.1) is 5.92 Å². The molecule has 0 unspecified atom stereocenters. The lowest BCUT2D eigenvalue weighted by Gasteiger charge is -2.07. The molecule has 0 atom stereocenters. The Balaban J connectivity index is 1.91. The highest BCUT2D eigenvalue weighted by molar-refractivity contribution is 5.90. The fourth-order valence-corrected chi connectivity index (χ4v) is 2.46. The summed E-state index contributed by atoms with van der Waals surface area (Å²) in [6.45, 7) is 8.08. The SMILES string of the molecule is CC(CC(C)C)=NCCCNc1n[nH]c(=O)c2ccccc12. The normalized spacial score (nSPS) is 12.1. The zero-order valence-corrected chi connectivity index (χ0v) is 13.5. The van der Waals surface area contributed by atoms with Crippen molar-refractivity contribution in [3.8, 4) is 0 Å². The maximum Gasteiger partial charge on any atom is 0.272 e. The van der Waals surface area contributed by atoms with Crippen LogP contribution in [0.1, 0.15) is 33.6 Å². The summed E-state index contributed by atoms with van der Waals surface area (Å²) in [6, 6.07) is 7.48. The molecule has 0 bridgehead atoms. The van der Waals surface area contributed by atoms with E-state index in [0.29, 0.717) is 11.3 Å². The Morgan fingerprint density at radius 1 is 1.32 bits per heavy atom. The number of fused-ring (bicyclic) bond motifs is 1. The maximum absolute atomic E-state index is 11.7. The van der Waals surface area contributed by atoms with E-state index in [1.165, 1.54) is 5.71 Å². The van der Waals surface area contributed by atoms with Crippen molar-refractivity contribution in [3.63, 3.8) is 0 Å². The van der Waals surface area contributed by atoms with Gasteiger partial charge in [0.15, 0.2) is 5.82 Å². The predicted octanol–water partition coefficient (Wildman–Crippen LogP) is 3.23. The average molecular weight is 300 g/mol. The molecule has 2 aromatic rings. The van der Waals surface area contributed by atoms with Crippen molar-refractivity contribution in [2.24, 2.45) is 10.9 Å². The predicted molar refractivity (Wildman–Crippen MR) is 92.9 cm³/mol. The van der Waals surface area contributed by atoms with Gasteiger partial charge in [-0.05, 0) is 31.7 Å². The largest absolute Gasteiger partial charge is 0.368 e. The Bertz CT molecular complexity index is 703. The van der Waals surface area contributed by atoms with E-state index < -0.39 is 0 Å². The van der Waals surface area contributed by atoms with E-state index in [9.17, 15) is 4.79 Å². The maximum atomic E-state index is 11.7. The molecule has 5 nitrogen and oxygen atoms in total. The molecule has 1 heterocycles. The molecule has 0 spiro atoms. The van der Waals surface area contributed by atoms with E-state index in [2.05, 4.69) is 41.3 Å². The molecule has 0 aliphatic heterocycles. The summed E-state index contributed by atoms with van der Waals surface area (Å²) in [5.41, 5.74) is 1.05. The molecular weight excluding hydrogens is 276 g/mol. The number of nitrogens with one attached hydrogen (secondary N) is 2. The Morgan fingerprint density at radius 3 is 2.77 bits per heavy atom. The second kappa shape index (κ2) is 7.73. The van der Waals surface area contributed by atoms with E-state index in [1.54, 1.807) is 6.07 Å². The van der Waals surface area contributed by atoms with E-state index in [-0.39, 0.29) is 5.56 Å². The van der Waals surface area contributed by atoms with Gasteiger partial charge in [0, 0.05) is 24.2 Å². The van der Waals surface area contributed by atoms with Crippen molar-refractivity contribution in [2.45, 2.75) is 33.6 Å². The highest BCUT2D eigenvalue weighted by Crippen LogP contribution is 2.16. The molecular formula is C17H24N4O. The number of hydrogen-bond acceptors (Lipinski definition) is 4. The smallest absolute Gasteiger partial charge is 0.272 e. The standard InChI is InChI=1S/C17H24N4O/c1-12(2)11-13(3)18-9-6-10-19-16-14-7-4-5-8-15(14)17(22)21-20-16/h4-5,7-8,12H,6,9-11H2,1-3H3,(H,19,20)(H,21,22). The molecule has 5 heteroatoms. The minimum Gasteiger partial charge on any atom is -0.368 e. The number of aromatic amines is 1. The van der Waals surface area contributed by atoms with Gasteiger partial charge in [-0.15, -0.1) is 0 Å². The van der Waals surface area contributed by atoms with Crippen molar-refractivity contribution in [2.75, 3.05) is 18.4 Å². The minimum absolute atomic E-state index is 0.157. The van der Waals surface area contributed by atoms with Crippen molar-refractivity contribution in [1.82, 2.24) is 10.2 Å². The van der Waals surface area contributed by atoms with Crippen molar-refractivity contribution < 1.29 is 0 Å². The van der Waals surface area contributed by atoms with Crippen LogP contribution in [0.15, 0.2) is 34.1 Å². The number of hydrogen-bond donors (Lipinski definition) is 2. The van der Waals surface area contributed by atoms with Gasteiger partial charge in [0.2, 0.25) is 0 Å². The van der Waals surface area contributed by atoms with Gasteiger partial charge < -0.3 is 5.32 Å². The van der Waals surface area contributed by atoms with Crippen LogP contribution in [-0.2, 0) is 0 Å². The van der Waals surface area contributed by atoms with Crippen LogP contribution >= 0.6 is 0 Å². The van der Waals surface area contributed by atoms with E-state index >= 15 is 0 Å². The number of aliphatic imine (C=N–C) groups is 1. The molecule has 2 N–H and O–H groups in total. The Kier molecular flexibility index (Phi) is 5.69. The summed E-state index contributed by atoms with van der Waals surface area (Å²) in [6.07, 6.45) is 1.99. The highest BCUT2D eigenvalue weighted by atomic mass is 16.1. The van der Waals surface area contributed by atoms with Gasteiger partial charge in [-0.2, -0.15) is 5.10 Å². The lowest BCUT2D eigenvalue weighted by molar-refractivity contribution is 0.679. The Labute approximate surface area is 130 Å². The molecule has 0 radical (unpaired) electrons. The average Bonchev–Trinajstić information content (AvgIpc) is 2.48. The molecule has 0 aliphatic carbocycles. The number of anilines is 1. The van der Waals surface area contributed by atoms with Crippen LogP contribution < -0.4 is 10.9 Å².